The van der Waals surface area contributed by atoms with Crippen LogP contribution in [0.3, 0.4) is 0 Å². The van der Waals surface area contributed by atoms with Crippen LogP contribution in [0.2, 0.25) is 5.02 Å². The third-order valence-corrected chi connectivity index (χ3v) is 5.65. The average Bonchev–Trinajstić information content (AvgIpc) is 3.31. The van der Waals surface area contributed by atoms with Crippen molar-refractivity contribution in [2.45, 2.75) is 38.9 Å². The lowest BCUT2D eigenvalue weighted by Gasteiger charge is -2.33. The lowest BCUT2D eigenvalue weighted by atomic mass is 10.0. The van der Waals surface area contributed by atoms with E-state index in [1.165, 1.54) is 53.4 Å². The highest BCUT2D eigenvalue weighted by atomic mass is 35.5. The molecule has 11 heteroatoms. The molecule has 1 aromatic heterocycles. The minimum Gasteiger partial charge on any atom is -0.349 e. The van der Waals surface area contributed by atoms with Gasteiger partial charge in [-0.1, -0.05) is 23.7 Å². The summed E-state index contributed by atoms with van der Waals surface area (Å²) in [5.74, 6) is -1.70. The molecular formula is C27H25ClF2N6O2. The fraction of sp³-hybridized carbons (Fsp3) is 0.222. The summed E-state index contributed by atoms with van der Waals surface area (Å²) in [6, 6.07) is 16.2. The van der Waals surface area contributed by atoms with Crippen molar-refractivity contribution in [1.29, 1.82) is 0 Å². The predicted octanol–water partition coefficient (Wildman–Crippen LogP) is 4.96. The summed E-state index contributed by atoms with van der Waals surface area (Å²) < 4.78 is 27.1. The van der Waals surface area contributed by atoms with E-state index in [1.54, 1.807) is 24.3 Å². The summed E-state index contributed by atoms with van der Waals surface area (Å²) in [6.45, 7) is 5.09. The van der Waals surface area contributed by atoms with Crippen molar-refractivity contribution in [2.75, 3.05) is 4.90 Å². The second-order valence-corrected chi connectivity index (χ2v) is 10.0. The van der Waals surface area contributed by atoms with Gasteiger partial charge in [0.25, 0.3) is 5.91 Å². The van der Waals surface area contributed by atoms with E-state index in [-0.39, 0.29) is 12.4 Å². The smallest absolute Gasteiger partial charge is 0.251 e. The molecule has 0 radical (unpaired) electrons. The third-order valence-electron chi connectivity index (χ3n) is 5.40. The van der Waals surface area contributed by atoms with Crippen LogP contribution in [0.4, 0.5) is 14.5 Å². The molecule has 1 atom stereocenters. The molecule has 0 spiro atoms. The van der Waals surface area contributed by atoms with Gasteiger partial charge in [0, 0.05) is 21.8 Å². The molecule has 0 aliphatic heterocycles. The molecule has 0 unspecified atom stereocenters. The van der Waals surface area contributed by atoms with Gasteiger partial charge < -0.3 is 5.32 Å². The molecule has 0 aliphatic rings. The maximum atomic E-state index is 13.8. The highest BCUT2D eigenvalue weighted by Gasteiger charge is 2.35. The summed E-state index contributed by atoms with van der Waals surface area (Å²) in [5.41, 5.74) is 0.701. The SMILES string of the molecule is CC(C)(C)NC(=O)[C@@H](c1ccc(Cl)cc1)N(C(=O)Cn1nnc(-c2ccc(F)cc2)n1)c1ccc(F)cc1. The van der Waals surface area contributed by atoms with Crippen LogP contribution < -0.4 is 10.2 Å². The van der Waals surface area contributed by atoms with Crippen LogP contribution in [0, 0.1) is 11.6 Å². The van der Waals surface area contributed by atoms with E-state index in [1.807, 2.05) is 20.8 Å². The largest absolute Gasteiger partial charge is 0.349 e. The van der Waals surface area contributed by atoms with E-state index in [0.29, 0.717) is 21.8 Å². The summed E-state index contributed by atoms with van der Waals surface area (Å²) in [5, 5.41) is 15.5. The maximum absolute atomic E-state index is 13.8. The fourth-order valence-electron chi connectivity index (χ4n) is 3.76. The van der Waals surface area contributed by atoms with Crippen LogP contribution in [0.15, 0.2) is 72.8 Å². The van der Waals surface area contributed by atoms with Crippen LogP contribution in [0.25, 0.3) is 11.4 Å². The van der Waals surface area contributed by atoms with Crippen LogP contribution in [-0.4, -0.2) is 37.6 Å². The topological polar surface area (TPSA) is 93.0 Å². The Balaban J connectivity index is 1.73. The molecular weight excluding hydrogens is 514 g/mol. The Morgan fingerprint density at radius 3 is 2.11 bits per heavy atom. The number of aromatic nitrogens is 4. The molecule has 38 heavy (non-hydrogen) atoms. The van der Waals surface area contributed by atoms with E-state index in [4.69, 9.17) is 11.6 Å². The number of benzene rings is 3. The Morgan fingerprint density at radius 1 is 0.947 bits per heavy atom. The Labute approximate surface area is 223 Å². The molecule has 196 valence electrons. The van der Waals surface area contributed by atoms with Crippen LogP contribution in [0.1, 0.15) is 32.4 Å². The van der Waals surface area contributed by atoms with Crippen LogP contribution in [0.5, 0.6) is 0 Å². The van der Waals surface area contributed by atoms with Crippen molar-refractivity contribution < 1.29 is 18.4 Å². The van der Waals surface area contributed by atoms with Crippen molar-refractivity contribution in [3.05, 3.63) is 95.0 Å². The first-order chi connectivity index (χ1) is 18.0. The molecule has 0 bridgehead atoms. The summed E-state index contributed by atoms with van der Waals surface area (Å²) >= 11 is 6.08. The maximum Gasteiger partial charge on any atom is 0.251 e. The number of amides is 2. The van der Waals surface area contributed by atoms with Gasteiger partial charge in [-0.3, -0.25) is 14.5 Å². The summed E-state index contributed by atoms with van der Waals surface area (Å²) in [4.78, 5) is 29.7. The molecule has 0 saturated carbocycles. The first-order valence-corrected chi connectivity index (χ1v) is 12.1. The zero-order chi connectivity index (χ0) is 27.4. The van der Waals surface area contributed by atoms with E-state index in [0.717, 1.165) is 4.80 Å². The third kappa shape index (κ3) is 6.57. The second kappa shape index (κ2) is 11.1. The molecule has 1 heterocycles. The molecule has 3 aromatic carbocycles. The molecule has 0 fully saturated rings. The Bertz CT molecular complexity index is 1420. The van der Waals surface area contributed by atoms with Gasteiger partial charge in [-0.2, -0.15) is 4.80 Å². The molecule has 4 rings (SSSR count). The Morgan fingerprint density at radius 2 is 1.53 bits per heavy atom. The van der Waals surface area contributed by atoms with E-state index in [9.17, 15) is 18.4 Å². The number of tetrazole rings is 1. The lowest BCUT2D eigenvalue weighted by molar-refractivity contribution is -0.128. The molecule has 0 saturated heterocycles. The number of hydrogen-bond donors (Lipinski definition) is 1. The number of hydrogen-bond acceptors (Lipinski definition) is 5. The van der Waals surface area contributed by atoms with Crippen molar-refractivity contribution in [3.8, 4) is 11.4 Å². The van der Waals surface area contributed by atoms with Gasteiger partial charge in [0.05, 0.1) is 0 Å². The predicted molar refractivity (Wildman–Crippen MR) is 139 cm³/mol. The second-order valence-electron chi connectivity index (χ2n) is 9.58. The number of rotatable bonds is 7. The van der Waals surface area contributed by atoms with Gasteiger partial charge in [-0.15, -0.1) is 10.2 Å². The minimum absolute atomic E-state index is 0.200. The highest BCUT2D eigenvalue weighted by Crippen LogP contribution is 2.30. The normalized spacial score (nSPS) is 12.2. The zero-order valence-electron chi connectivity index (χ0n) is 20.9. The van der Waals surface area contributed by atoms with E-state index >= 15 is 0 Å². The van der Waals surface area contributed by atoms with Crippen LogP contribution >= 0.6 is 11.6 Å². The van der Waals surface area contributed by atoms with Gasteiger partial charge in [0.1, 0.15) is 24.2 Å². The molecule has 0 aliphatic carbocycles. The first kappa shape index (κ1) is 26.9. The number of nitrogens with one attached hydrogen (secondary N) is 1. The Hall–Kier alpha value is -4.18. The lowest BCUT2D eigenvalue weighted by Crippen LogP contribution is -2.50. The van der Waals surface area contributed by atoms with E-state index in [2.05, 4.69) is 20.7 Å². The van der Waals surface area contributed by atoms with Gasteiger partial charge >= 0.3 is 0 Å². The van der Waals surface area contributed by atoms with E-state index < -0.39 is 35.0 Å². The molecule has 2 amide bonds. The average molecular weight is 539 g/mol. The van der Waals surface area contributed by atoms with Crippen molar-refractivity contribution >= 4 is 29.1 Å². The summed E-state index contributed by atoms with van der Waals surface area (Å²) in [6.07, 6.45) is 0. The van der Waals surface area contributed by atoms with Gasteiger partial charge in [-0.05, 0) is 92.2 Å². The zero-order valence-corrected chi connectivity index (χ0v) is 21.7. The fourth-order valence-corrected chi connectivity index (χ4v) is 3.89. The van der Waals surface area contributed by atoms with Crippen molar-refractivity contribution in [1.82, 2.24) is 25.5 Å². The molecule has 1 N–H and O–H groups in total. The first-order valence-electron chi connectivity index (χ1n) is 11.7. The minimum atomic E-state index is -1.12. The van der Waals surface area contributed by atoms with Crippen molar-refractivity contribution in [2.24, 2.45) is 0 Å². The van der Waals surface area contributed by atoms with Gasteiger partial charge in [0.15, 0.2) is 0 Å². The van der Waals surface area contributed by atoms with Crippen molar-refractivity contribution in [3.63, 3.8) is 0 Å². The summed E-state index contributed by atoms with van der Waals surface area (Å²) in [7, 11) is 0. The van der Waals surface area contributed by atoms with Gasteiger partial charge in [0.2, 0.25) is 11.7 Å². The number of carbonyl (C=O) groups is 2. The number of carbonyl (C=O) groups excluding carboxylic acids is 2. The number of halogens is 3. The molecule has 8 nitrogen and oxygen atoms in total. The number of anilines is 1. The van der Waals surface area contributed by atoms with Crippen LogP contribution in [-0.2, 0) is 16.1 Å². The quantitative estimate of drug-likeness (QED) is 0.359. The highest BCUT2D eigenvalue weighted by molar-refractivity contribution is 6.30. The Kier molecular flexibility index (Phi) is 7.82. The monoisotopic (exact) mass is 538 g/mol. The van der Waals surface area contributed by atoms with Gasteiger partial charge in [-0.25, -0.2) is 8.78 Å². The molecule has 4 aromatic rings. The number of nitrogens with zero attached hydrogens (tertiary/aromatic N) is 5. The standard InChI is InChI=1S/C27H25ClF2N6O2/c1-27(2,3)31-26(38)24(17-4-8-19(28)9-5-17)36(22-14-12-21(30)13-15-22)23(37)16-35-33-25(32-34-35)18-6-10-20(29)11-7-18/h4-15,24H,16H2,1-3H3,(H,31,38)/t24-/m1/s1.